The zero-order valence-electron chi connectivity index (χ0n) is 15.3. The maximum Gasteiger partial charge on any atom is 0.247 e. The number of hydrogen-bond donors (Lipinski definition) is 1. The van der Waals surface area contributed by atoms with Gasteiger partial charge in [0.15, 0.2) is 5.82 Å². The molecule has 140 valence electrons. The highest BCUT2D eigenvalue weighted by atomic mass is 35.5. The fourth-order valence-electron chi connectivity index (χ4n) is 3.26. The molecule has 7 nitrogen and oxygen atoms in total. The first-order chi connectivity index (χ1) is 12.7. The molecule has 1 unspecified atom stereocenters. The average molecular weight is 378 g/mol. The summed E-state index contributed by atoms with van der Waals surface area (Å²) >= 11 is 6.16. The molecule has 0 spiro atoms. The zero-order valence-corrected chi connectivity index (χ0v) is 16.1. The molecular formula is C18H24ClN5O2. The van der Waals surface area contributed by atoms with Crippen molar-refractivity contribution in [3.8, 4) is 11.5 Å². The van der Waals surface area contributed by atoms with Crippen LogP contribution in [0.4, 0.5) is 17.5 Å². The van der Waals surface area contributed by atoms with Crippen molar-refractivity contribution >= 4 is 29.1 Å². The molecule has 1 N–H and O–H groups in total. The first-order valence-electron chi connectivity index (χ1n) is 8.81. The molecule has 0 saturated carbocycles. The van der Waals surface area contributed by atoms with Crippen molar-refractivity contribution in [2.75, 3.05) is 31.0 Å². The lowest BCUT2D eigenvalue weighted by Gasteiger charge is -2.34. The van der Waals surface area contributed by atoms with Crippen LogP contribution in [0.5, 0.6) is 11.5 Å². The van der Waals surface area contributed by atoms with Crippen molar-refractivity contribution in [2.24, 2.45) is 0 Å². The van der Waals surface area contributed by atoms with Crippen LogP contribution in [0.15, 0.2) is 18.3 Å². The van der Waals surface area contributed by atoms with Crippen molar-refractivity contribution < 1.29 is 9.47 Å². The minimum Gasteiger partial charge on any atom is -0.495 e. The Labute approximate surface area is 158 Å². The van der Waals surface area contributed by atoms with E-state index in [1.54, 1.807) is 32.5 Å². The van der Waals surface area contributed by atoms with Gasteiger partial charge in [-0.15, -0.1) is 5.10 Å². The smallest absolute Gasteiger partial charge is 0.247 e. The molecule has 1 saturated heterocycles. The van der Waals surface area contributed by atoms with Crippen molar-refractivity contribution in [3.05, 3.63) is 23.4 Å². The highest BCUT2D eigenvalue weighted by molar-refractivity contribution is 6.32. The molecule has 0 aliphatic carbocycles. The molecule has 0 amide bonds. The highest BCUT2D eigenvalue weighted by Crippen LogP contribution is 2.37. The number of ether oxygens (including phenoxy) is 2. The molecule has 3 rings (SSSR count). The molecule has 1 atom stereocenters. The first kappa shape index (κ1) is 18.5. The SMILES string of the molecule is CCC1CCCCN1c1nncc(Nc2cc(OC)c(Cl)cc2OC)n1. The number of rotatable bonds is 6. The van der Waals surface area contributed by atoms with Gasteiger partial charge in [-0.2, -0.15) is 10.1 Å². The Balaban J connectivity index is 1.87. The van der Waals surface area contributed by atoms with Gasteiger partial charge < -0.3 is 19.7 Å². The maximum absolute atomic E-state index is 6.16. The van der Waals surface area contributed by atoms with Crippen LogP contribution < -0.4 is 19.7 Å². The summed E-state index contributed by atoms with van der Waals surface area (Å²) in [5.74, 6) is 2.40. The second-order valence-corrected chi connectivity index (χ2v) is 6.61. The molecule has 0 bridgehead atoms. The van der Waals surface area contributed by atoms with E-state index in [1.807, 2.05) is 0 Å². The van der Waals surface area contributed by atoms with Gasteiger partial charge >= 0.3 is 0 Å². The Morgan fingerprint density at radius 3 is 2.77 bits per heavy atom. The topological polar surface area (TPSA) is 72.4 Å². The Kier molecular flexibility index (Phi) is 5.98. The summed E-state index contributed by atoms with van der Waals surface area (Å²) in [6, 6.07) is 3.94. The van der Waals surface area contributed by atoms with Crippen LogP contribution in [0, 0.1) is 0 Å². The number of hydrogen-bond acceptors (Lipinski definition) is 7. The third-order valence-corrected chi connectivity index (χ3v) is 4.93. The molecule has 1 aliphatic rings. The lowest BCUT2D eigenvalue weighted by Crippen LogP contribution is -2.40. The second-order valence-electron chi connectivity index (χ2n) is 6.20. The summed E-state index contributed by atoms with van der Waals surface area (Å²) in [7, 11) is 3.16. The number of piperidine rings is 1. The van der Waals surface area contributed by atoms with E-state index in [1.165, 1.54) is 12.8 Å². The second kappa shape index (κ2) is 8.40. The van der Waals surface area contributed by atoms with Crippen LogP contribution in [0.3, 0.4) is 0 Å². The largest absolute Gasteiger partial charge is 0.495 e. The van der Waals surface area contributed by atoms with Gasteiger partial charge in [0, 0.05) is 24.7 Å². The molecule has 1 aliphatic heterocycles. The maximum atomic E-state index is 6.16. The van der Waals surface area contributed by atoms with E-state index in [4.69, 9.17) is 21.1 Å². The van der Waals surface area contributed by atoms with Gasteiger partial charge in [-0.05, 0) is 25.7 Å². The normalized spacial score (nSPS) is 17.1. The van der Waals surface area contributed by atoms with Crippen LogP contribution in [-0.4, -0.2) is 42.0 Å². The Morgan fingerprint density at radius 2 is 2.04 bits per heavy atom. The number of methoxy groups -OCH3 is 2. The summed E-state index contributed by atoms with van der Waals surface area (Å²) in [5, 5.41) is 12.1. The van der Waals surface area contributed by atoms with Gasteiger partial charge in [0.25, 0.3) is 0 Å². The van der Waals surface area contributed by atoms with E-state index in [0.29, 0.717) is 40.0 Å². The molecule has 1 fully saturated rings. The van der Waals surface area contributed by atoms with Crippen LogP contribution >= 0.6 is 11.6 Å². The van der Waals surface area contributed by atoms with Crippen LogP contribution in [0.25, 0.3) is 0 Å². The first-order valence-corrected chi connectivity index (χ1v) is 9.19. The average Bonchev–Trinajstić information content (AvgIpc) is 2.69. The predicted molar refractivity (Wildman–Crippen MR) is 103 cm³/mol. The van der Waals surface area contributed by atoms with E-state index in [-0.39, 0.29) is 0 Å². The van der Waals surface area contributed by atoms with E-state index in [9.17, 15) is 0 Å². The molecule has 8 heteroatoms. The standard InChI is InChI=1S/C18H24ClN5O2/c1-4-12-7-5-6-8-24(12)18-22-17(11-20-23-18)21-14-10-15(25-2)13(19)9-16(14)26-3/h9-12H,4-8H2,1-3H3,(H,21,22,23). The Hall–Kier alpha value is -2.28. The van der Waals surface area contributed by atoms with E-state index in [0.717, 1.165) is 19.4 Å². The monoisotopic (exact) mass is 377 g/mol. The summed E-state index contributed by atoms with van der Waals surface area (Å²) < 4.78 is 10.7. The lowest BCUT2D eigenvalue weighted by molar-refractivity contribution is 0.405. The van der Waals surface area contributed by atoms with Gasteiger partial charge in [0.1, 0.15) is 11.5 Å². The third kappa shape index (κ3) is 3.93. The molecule has 2 heterocycles. The highest BCUT2D eigenvalue weighted by Gasteiger charge is 2.23. The molecule has 0 radical (unpaired) electrons. The zero-order chi connectivity index (χ0) is 18.5. The predicted octanol–water partition coefficient (Wildman–Crippen LogP) is 4.05. The number of halogens is 1. The van der Waals surface area contributed by atoms with Gasteiger partial charge in [-0.25, -0.2) is 0 Å². The molecule has 2 aromatic rings. The Bertz CT molecular complexity index is 758. The quantitative estimate of drug-likeness (QED) is 0.813. The summed E-state index contributed by atoms with van der Waals surface area (Å²) in [6.07, 6.45) is 6.24. The van der Waals surface area contributed by atoms with Crippen molar-refractivity contribution in [1.29, 1.82) is 0 Å². The number of nitrogens with zero attached hydrogens (tertiary/aromatic N) is 4. The van der Waals surface area contributed by atoms with Gasteiger partial charge in [0.2, 0.25) is 5.95 Å². The minimum atomic E-state index is 0.464. The molecule has 1 aromatic heterocycles. The van der Waals surface area contributed by atoms with E-state index < -0.39 is 0 Å². The summed E-state index contributed by atoms with van der Waals surface area (Å²) in [6.45, 7) is 3.16. The molecule has 1 aromatic carbocycles. The van der Waals surface area contributed by atoms with Crippen LogP contribution in [-0.2, 0) is 0 Å². The fraction of sp³-hybridized carbons (Fsp3) is 0.500. The van der Waals surface area contributed by atoms with Gasteiger partial charge in [-0.1, -0.05) is 18.5 Å². The lowest BCUT2D eigenvalue weighted by atomic mass is 10.0. The van der Waals surface area contributed by atoms with E-state index >= 15 is 0 Å². The van der Waals surface area contributed by atoms with Crippen molar-refractivity contribution in [2.45, 2.75) is 38.6 Å². The summed E-state index contributed by atoms with van der Waals surface area (Å²) in [4.78, 5) is 6.91. The van der Waals surface area contributed by atoms with Crippen LogP contribution in [0.1, 0.15) is 32.6 Å². The summed E-state index contributed by atoms with van der Waals surface area (Å²) in [5.41, 5.74) is 0.700. The Morgan fingerprint density at radius 1 is 1.23 bits per heavy atom. The van der Waals surface area contributed by atoms with E-state index in [2.05, 4.69) is 32.3 Å². The van der Waals surface area contributed by atoms with Crippen molar-refractivity contribution in [3.63, 3.8) is 0 Å². The van der Waals surface area contributed by atoms with Gasteiger partial charge in [-0.3, -0.25) is 0 Å². The molecule has 26 heavy (non-hydrogen) atoms. The number of benzene rings is 1. The minimum absolute atomic E-state index is 0.464. The third-order valence-electron chi connectivity index (χ3n) is 4.64. The van der Waals surface area contributed by atoms with Crippen LogP contribution in [0.2, 0.25) is 5.02 Å². The number of nitrogens with one attached hydrogen (secondary N) is 1. The molecular weight excluding hydrogens is 354 g/mol. The number of anilines is 3. The van der Waals surface area contributed by atoms with Gasteiger partial charge in [0.05, 0.1) is 31.1 Å². The fourth-order valence-corrected chi connectivity index (χ4v) is 3.49. The number of aromatic nitrogens is 3. The van der Waals surface area contributed by atoms with Crippen molar-refractivity contribution in [1.82, 2.24) is 15.2 Å².